The number of nitrogen functional groups attached to an aromatic ring is 1. The van der Waals surface area contributed by atoms with Crippen LogP contribution in [-0.2, 0) is 0 Å². The van der Waals surface area contributed by atoms with Crippen LogP contribution >= 0.6 is 11.8 Å². The third kappa shape index (κ3) is 3.26. The third-order valence-electron chi connectivity index (χ3n) is 3.01. The molecule has 0 unspecified atom stereocenters. The van der Waals surface area contributed by atoms with Gasteiger partial charge in [0, 0.05) is 10.5 Å². The summed E-state index contributed by atoms with van der Waals surface area (Å²) in [5.41, 5.74) is 8.17. The summed E-state index contributed by atoms with van der Waals surface area (Å²) in [6.07, 6.45) is 0. The van der Waals surface area contributed by atoms with E-state index in [0.717, 1.165) is 10.6 Å². The molecule has 0 spiro atoms. The molecule has 0 saturated carbocycles. The first-order valence-corrected chi connectivity index (χ1v) is 7.17. The number of hydrogen-bond acceptors (Lipinski definition) is 4. The Hall–Kier alpha value is -1.55. The molecule has 0 fully saturated rings. The van der Waals surface area contributed by atoms with Gasteiger partial charge in [0.1, 0.15) is 16.7 Å². The predicted molar refractivity (Wildman–Crippen MR) is 80.6 cm³/mol. The fraction of sp³-hybridized carbons (Fsp3) is 0.333. The van der Waals surface area contributed by atoms with Crippen LogP contribution in [0.5, 0.6) is 0 Å². The largest absolute Gasteiger partial charge is 0.383 e. The van der Waals surface area contributed by atoms with Crippen LogP contribution in [0, 0.1) is 13.8 Å². The summed E-state index contributed by atoms with van der Waals surface area (Å²) in [6, 6.07) is 8.60. The Bertz CT molecular complexity index is 577. The van der Waals surface area contributed by atoms with Gasteiger partial charge in [0.25, 0.3) is 0 Å². The average molecular weight is 273 g/mol. The Balaban J connectivity index is 2.26. The molecule has 2 N–H and O–H groups in total. The molecule has 1 aromatic carbocycles. The highest BCUT2D eigenvalue weighted by atomic mass is 32.2. The molecule has 3 nitrogen and oxygen atoms in total. The van der Waals surface area contributed by atoms with Crippen LogP contribution in [-0.4, -0.2) is 9.97 Å². The number of nitrogens with zero attached hydrogens (tertiary/aromatic N) is 2. The number of aryl methyl sites for hydroxylation is 1. The zero-order valence-electron chi connectivity index (χ0n) is 11.8. The lowest BCUT2D eigenvalue weighted by Gasteiger charge is -2.09. The highest BCUT2D eigenvalue weighted by Crippen LogP contribution is 2.31. The monoisotopic (exact) mass is 273 g/mol. The molecule has 0 bridgehead atoms. The summed E-state index contributed by atoms with van der Waals surface area (Å²) in [6.45, 7) is 8.21. The first-order valence-electron chi connectivity index (χ1n) is 6.36. The fourth-order valence-corrected chi connectivity index (χ4v) is 2.69. The zero-order chi connectivity index (χ0) is 14.0. The maximum atomic E-state index is 5.87. The summed E-state index contributed by atoms with van der Waals surface area (Å²) >= 11 is 1.63. The molecule has 0 radical (unpaired) electrons. The SMILES string of the molecule is Cc1nc(N)c(C)c(Sc2ccc(C(C)C)cc2)n1. The molecule has 1 heterocycles. The minimum Gasteiger partial charge on any atom is -0.383 e. The molecule has 0 aliphatic heterocycles. The van der Waals surface area contributed by atoms with Gasteiger partial charge in [-0.25, -0.2) is 9.97 Å². The van der Waals surface area contributed by atoms with E-state index in [-0.39, 0.29) is 0 Å². The molecule has 100 valence electrons. The number of benzene rings is 1. The first kappa shape index (κ1) is 13.9. The van der Waals surface area contributed by atoms with Gasteiger partial charge in [-0.1, -0.05) is 37.7 Å². The summed E-state index contributed by atoms with van der Waals surface area (Å²) < 4.78 is 0. The Morgan fingerprint density at radius 1 is 1.05 bits per heavy atom. The zero-order valence-corrected chi connectivity index (χ0v) is 12.6. The van der Waals surface area contributed by atoms with Crippen LogP contribution in [0.25, 0.3) is 0 Å². The van der Waals surface area contributed by atoms with Crippen LogP contribution in [0.1, 0.15) is 36.7 Å². The third-order valence-corrected chi connectivity index (χ3v) is 4.11. The second-order valence-corrected chi connectivity index (χ2v) is 5.97. The van der Waals surface area contributed by atoms with Crippen molar-refractivity contribution in [2.45, 2.75) is 43.5 Å². The molecule has 0 aliphatic rings. The van der Waals surface area contributed by atoms with Gasteiger partial charge in [-0.15, -0.1) is 0 Å². The van der Waals surface area contributed by atoms with Gasteiger partial charge in [0.05, 0.1) is 0 Å². The van der Waals surface area contributed by atoms with Gasteiger partial charge in [0.2, 0.25) is 0 Å². The van der Waals surface area contributed by atoms with Gasteiger partial charge >= 0.3 is 0 Å². The summed E-state index contributed by atoms with van der Waals surface area (Å²) in [4.78, 5) is 9.80. The van der Waals surface area contributed by atoms with Crippen molar-refractivity contribution in [3.8, 4) is 0 Å². The smallest absolute Gasteiger partial charge is 0.131 e. The molecule has 2 aromatic rings. The number of aromatic nitrogens is 2. The summed E-state index contributed by atoms with van der Waals surface area (Å²) in [5.74, 6) is 1.83. The maximum absolute atomic E-state index is 5.87. The van der Waals surface area contributed by atoms with E-state index in [4.69, 9.17) is 5.73 Å². The van der Waals surface area contributed by atoms with Crippen molar-refractivity contribution < 1.29 is 0 Å². The van der Waals surface area contributed by atoms with Crippen LogP contribution in [0.4, 0.5) is 5.82 Å². The number of hydrogen-bond donors (Lipinski definition) is 1. The summed E-state index contributed by atoms with van der Waals surface area (Å²) in [7, 11) is 0. The van der Waals surface area contributed by atoms with Crippen LogP contribution in [0.2, 0.25) is 0 Å². The highest BCUT2D eigenvalue weighted by molar-refractivity contribution is 7.99. The molecule has 0 saturated heterocycles. The Kier molecular flexibility index (Phi) is 4.10. The van der Waals surface area contributed by atoms with Crippen LogP contribution in [0.3, 0.4) is 0 Å². The number of nitrogens with two attached hydrogens (primary N) is 1. The molecule has 0 aliphatic carbocycles. The second-order valence-electron chi connectivity index (χ2n) is 4.91. The molecular weight excluding hydrogens is 254 g/mol. The molecule has 0 atom stereocenters. The molecular formula is C15H19N3S. The predicted octanol–water partition coefficient (Wildman–Crippen LogP) is 3.95. The maximum Gasteiger partial charge on any atom is 0.131 e. The highest BCUT2D eigenvalue weighted by Gasteiger charge is 2.08. The lowest BCUT2D eigenvalue weighted by Crippen LogP contribution is -2.01. The minimum atomic E-state index is 0.553. The van der Waals surface area contributed by atoms with Crippen LogP contribution < -0.4 is 5.73 Å². The molecule has 19 heavy (non-hydrogen) atoms. The van der Waals surface area contributed by atoms with E-state index in [1.54, 1.807) is 11.8 Å². The van der Waals surface area contributed by atoms with E-state index in [1.165, 1.54) is 10.5 Å². The summed E-state index contributed by atoms with van der Waals surface area (Å²) in [5, 5.41) is 0.933. The van der Waals surface area contributed by atoms with Crippen molar-refractivity contribution in [2.24, 2.45) is 0 Å². The normalized spacial score (nSPS) is 11.0. The average Bonchev–Trinajstić information content (AvgIpc) is 2.36. The Morgan fingerprint density at radius 3 is 2.26 bits per heavy atom. The first-order chi connectivity index (χ1) is 8.97. The van der Waals surface area contributed by atoms with Crippen molar-refractivity contribution in [2.75, 3.05) is 5.73 Å². The van der Waals surface area contributed by atoms with Crippen molar-refractivity contribution >= 4 is 17.6 Å². The van der Waals surface area contributed by atoms with E-state index >= 15 is 0 Å². The molecule has 4 heteroatoms. The van der Waals surface area contributed by atoms with Crippen molar-refractivity contribution in [3.63, 3.8) is 0 Å². The van der Waals surface area contributed by atoms with Gasteiger partial charge in [-0.2, -0.15) is 0 Å². The van der Waals surface area contributed by atoms with Crippen molar-refractivity contribution in [1.82, 2.24) is 9.97 Å². The topological polar surface area (TPSA) is 51.8 Å². The van der Waals surface area contributed by atoms with Crippen molar-refractivity contribution in [3.05, 3.63) is 41.2 Å². The Labute approximate surface area is 118 Å². The quantitative estimate of drug-likeness (QED) is 0.860. The van der Waals surface area contributed by atoms with E-state index < -0.39 is 0 Å². The van der Waals surface area contributed by atoms with E-state index in [1.807, 2.05) is 13.8 Å². The lowest BCUT2D eigenvalue weighted by atomic mass is 10.0. The standard InChI is InChI=1S/C15H19N3S/c1-9(2)12-5-7-13(8-6-12)19-15-10(3)14(16)17-11(4)18-15/h5-9H,1-4H3,(H2,16,17,18). The lowest BCUT2D eigenvalue weighted by molar-refractivity contribution is 0.864. The van der Waals surface area contributed by atoms with Gasteiger partial charge < -0.3 is 5.73 Å². The Morgan fingerprint density at radius 2 is 1.68 bits per heavy atom. The van der Waals surface area contributed by atoms with Gasteiger partial charge in [0.15, 0.2) is 0 Å². The van der Waals surface area contributed by atoms with E-state index in [2.05, 4.69) is 48.1 Å². The minimum absolute atomic E-state index is 0.553. The molecule has 1 aromatic heterocycles. The number of anilines is 1. The second kappa shape index (κ2) is 5.61. The van der Waals surface area contributed by atoms with E-state index in [0.29, 0.717) is 17.6 Å². The van der Waals surface area contributed by atoms with Gasteiger partial charge in [-0.3, -0.25) is 0 Å². The number of rotatable bonds is 3. The van der Waals surface area contributed by atoms with E-state index in [9.17, 15) is 0 Å². The van der Waals surface area contributed by atoms with Crippen LogP contribution in [0.15, 0.2) is 34.2 Å². The fourth-order valence-electron chi connectivity index (χ4n) is 1.76. The van der Waals surface area contributed by atoms with Crippen molar-refractivity contribution in [1.29, 1.82) is 0 Å². The van der Waals surface area contributed by atoms with Gasteiger partial charge in [-0.05, 0) is 37.5 Å². The molecule has 0 amide bonds. The molecule has 2 rings (SSSR count).